The van der Waals surface area contributed by atoms with Crippen LogP contribution in [0, 0.1) is 0 Å². The van der Waals surface area contributed by atoms with Crippen LogP contribution in [-0.4, -0.2) is 50.5 Å². The molecule has 7 nitrogen and oxygen atoms in total. The fourth-order valence-electron chi connectivity index (χ4n) is 2.96. The summed E-state index contributed by atoms with van der Waals surface area (Å²) in [6.07, 6.45) is 0.608. The molecule has 1 aromatic heterocycles. The molecule has 0 radical (unpaired) electrons. The third-order valence-electron chi connectivity index (χ3n) is 4.17. The van der Waals surface area contributed by atoms with Crippen molar-refractivity contribution in [2.75, 3.05) is 6.54 Å². The Bertz CT molecular complexity index is 796. The van der Waals surface area contributed by atoms with Crippen LogP contribution in [0.15, 0.2) is 30.5 Å². The minimum Gasteiger partial charge on any atom is -0.364 e. The van der Waals surface area contributed by atoms with E-state index in [9.17, 15) is 14.0 Å². The number of halogens is 2. The van der Waals surface area contributed by atoms with Crippen LogP contribution in [0.2, 0.25) is 5.02 Å². The van der Waals surface area contributed by atoms with Crippen LogP contribution < -0.4 is 5.73 Å². The Morgan fingerprint density at radius 2 is 2.12 bits per heavy atom. The normalized spacial score (nSPS) is 20.0. The average molecular weight is 366 g/mol. The molecule has 0 bridgehead atoms. The van der Waals surface area contributed by atoms with E-state index in [0.717, 1.165) is 0 Å². The Balaban J connectivity index is 1.71. The fourth-order valence-corrected chi connectivity index (χ4v) is 3.16. The van der Waals surface area contributed by atoms with Crippen molar-refractivity contribution in [3.63, 3.8) is 0 Å². The SMILES string of the molecule is NC(=O)c1cn(C[C@@H]2C[C@H](F)CN2C(=O)Cc2ccccc2Cl)nn1. The van der Waals surface area contributed by atoms with Gasteiger partial charge in [0, 0.05) is 11.4 Å². The molecule has 25 heavy (non-hydrogen) atoms. The van der Waals surface area contributed by atoms with Crippen LogP contribution in [0.1, 0.15) is 22.5 Å². The molecule has 0 saturated carbocycles. The van der Waals surface area contributed by atoms with Gasteiger partial charge in [-0.25, -0.2) is 9.07 Å². The number of hydrogen-bond donors (Lipinski definition) is 1. The second-order valence-corrected chi connectivity index (χ2v) is 6.40. The van der Waals surface area contributed by atoms with Crippen LogP contribution in [0.5, 0.6) is 0 Å². The minimum absolute atomic E-state index is 0.0312. The van der Waals surface area contributed by atoms with Gasteiger partial charge < -0.3 is 10.6 Å². The van der Waals surface area contributed by atoms with Gasteiger partial charge in [-0.3, -0.25) is 9.59 Å². The maximum Gasteiger partial charge on any atom is 0.270 e. The van der Waals surface area contributed by atoms with E-state index in [2.05, 4.69) is 10.3 Å². The number of carbonyl (C=O) groups is 2. The van der Waals surface area contributed by atoms with Gasteiger partial charge in [0.05, 0.1) is 31.7 Å². The molecule has 3 rings (SSSR count). The van der Waals surface area contributed by atoms with Gasteiger partial charge in [0.15, 0.2) is 5.69 Å². The van der Waals surface area contributed by atoms with Crippen molar-refractivity contribution in [1.29, 1.82) is 0 Å². The quantitative estimate of drug-likeness (QED) is 0.861. The van der Waals surface area contributed by atoms with E-state index in [4.69, 9.17) is 17.3 Å². The molecule has 9 heteroatoms. The number of likely N-dealkylation sites (tertiary alicyclic amines) is 1. The molecule has 0 unspecified atom stereocenters. The summed E-state index contributed by atoms with van der Waals surface area (Å²) in [5.74, 6) is -0.888. The Morgan fingerprint density at radius 1 is 1.36 bits per heavy atom. The number of carbonyl (C=O) groups excluding carboxylic acids is 2. The third-order valence-corrected chi connectivity index (χ3v) is 4.54. The van der Waals surface area contributed by atoms with Crippen molar-refractivity contribution in [3.05, 3.63) is 46.7 Å². The largest absolute Gasteiger partial charge is 0.364 e. The molecule has 1 aromatic carbocycles. The second-order valence-electron chi connectivity index (χ2n) is 5.99. The number of nitrogens with zero attached hydrogens (tertiary/aromatic N) is 4. The molecule has 2 N–H and O–H groups in total. The predicted octanol–water partition coefficient (Wildman–Crippen LogP) is 1.21. The lowest BCUT2D eigenvalue weighted by atomic mass is 10.1. The number of primary amides is 1. The molecular formula is C16H17ClFN5O2. The smallest absolute Gasteiger partial charge is 0.270 e. The van der Waals surface area contributed by atoms with Gasteiger partial charge in [-0.2, -0.15) is 0 Å². The lowest BCUT2D eigenvalue weighted by Crippen LogP contribution is -2.39. The summed E-state index contributed by atoms with van der Waals surface area (Å²) in [6, 6.07) is 6.70. The number of hydrogen-bond acceptors (Lipinski definition) is 4. The molecule has 2 amide bonds. The minimum atomic E-state index is -1.10. The van der Waals surface area contributed by atoms with Crippen molar-refractivity contribution in [2.24, 2.45) is 5.73 Å². The summed E-state index contributed by atoms with van der Waals surface area (Å²) >= 11 is 6.09. The number of alkyl halides is 1. The number of aromatic nitrogens is 3. The van der Waals surface area contributed by atoms with Gasteiger partial charge in [0.2, 0.25) is 5.91 Å². The second kappa shape index (κ2) is 7.18. The zero-order valence-corrected chi connectivity index (χ0v) is 14.1. The monoisotopic (exact) mass is 365 g/mol. The number of benzene rings is 1. The van der Waals surface area contributed by atoms with Crippen LogP contribution in [0.3, 0.4) is 0 Å². The maximum absolute atomic E-state index is 13.9. The summed E-state index contributed by atoms with van der Waals surface area (Å²) in [6.45, 7) is 0.278. The lowest BCUT2D eigenvalue weighted by Gasteiger charge is -2.24. The molecule has 1 aliphatic heterocycles. The maximum atomic E-state index is 13.9. The van der Waals surface area contributed by atoms with E-state index in [1.54, 1.807) is 24.3 Å². The van der Waals surface area contributed by atoms with Crippen molar-refractivity contribution in [2.45, 2.75) is 31.6 Å². The van der Waals surface area contributed by atoms with E-state index < -0.39 is 12.1 Å². The fraction of sp³-hybridized carbons (Fsp3) is 0.375. The topological polar surface area (TPSA) is 94.1 Å². The van der Waals surface area contributed by atoms with Crippen LogP contribution in [0.25, 0.3) is 0 Å². The van der Waals surface area contributed by atoms with Gasteiger partial charge in [-0.1, -0.05) is 35.0 Å². The summed E-state index contributed by atoms with van der Waals surface area (Å²) in [7, 11) is 0. The Labute approximate surface area is 148 Å². The van der Waals surface area contributed by atoms with Gasteiger partial charge >= 0.3 is 0 Å². The predicted molar refractivity (Wildman–Crippen MR) is 88.7 cm³/mol. The van der Waals surface area contributed by atoms with Crippen molar-refractivity contribution >= 4 is 23.4 Å². The lowest BCUT2D eigenvalue weighted by molar-refractivity contribution is -0.131. The Morgan fingerprint density at radius 3 is 2.80 bits per heavy atom. The molecular weight excluding hydrogens is 349 g/mol. The van der Waals surface area contributed by atoms with Crippen molar-refractivity contribution in [3.8, 4) is 0 Å². The highest BCUT2D eigenvalue weighted by molar-refractivity contribution is 6.31. The summed E-state index contributed by atoms with van der Waals surface area (Å²) in [5.41, 5.74) is 5.87. The number of nitrogens with two attached hydrogens (primary N) is 1. The molecule has 1 fully saturated rings. The highest BCUT2D eigenvalue weighted by Crippen LogP contribution is 2.24. The van der Waals surface area contributed by atoms with Crippen molar-refractivity contribution < 1.29 is 14.0 Å². The third kappa shape index (κ3) is 3.96. The first-order valence-electron chi connectivity index (χ1n) is 7.81. The van der Waals surface area contributed by atoms with E-state index in [0.29, 0.717) is 10.6 Å². The molecule has 2 heterocycles. The molecule has 0 aliphatic carbocycles. The highest BCUT2D eigenvalue weighted by atomic mass is 35.5. The van der Waals surface area contributed by atoms with E-state index in [-0.39, 0.29) is 43.6 Å². The number of amides is 2. The molecule has 2 atom stereocenters. The van der Waals surface area contributed by atoms with E-state index in [1.807, 2.05) is 0 Å². The van der Waals surface area contributed by atoms with Gasteiger partial charge in [0.25, 0.3) is 5.91 Å². The van der Waals surface area contributed by atoms with Crippen LogP contribution in [-0.2, 0) is 17.8 Å². The first kappa shape index (κ1) is 17.3. The average Bonchev–Trinajstić information content (AvgIpc) is 3.17. The number of rotatable bonds is 5. The van der Waals surface area contributed by atoms with Gasteiger partial charge in [0.1, 0.15) is 6.17 Å². The molecule has 0 spiro atoms. The summed E-state index contributed by atoms with van der Waals surface area (Å²) in [4.78, 5) is 25.2. The zero-order valence-electron chi connectivity index (χ0n) is 13.3. The van der Waals surface area contributed by atoms with Gasteiger partial charge in [-0.15, -0.1) is 5.10 Å². The summed E-state index contributed by atoms with van der Waals surface area (Å²) in [5, 5.41) is 7.96. The standard InChI is InChI=1S/C16H17ClFN5O2/c17-13-4-2-1-3-10(13)5-15(24)23-7-11(18)6-12(23)8-22-9-14(16(19)25)20-21-22/h1-4,9,11-12H,5-8H2,(H2,19,25)/t11-,12-/m0/s1. The first-order valence-corrected chi connectivity index (χ1v) is 8.18. The van der Waals surface area contributed by atoms with E-state index >= 15 is 0 Å². The Hall–Kier alpha value is -2.48. The molecule has 2 aromatic rings. The van der Waals surface area contributed by atoms with Crippen LogP contribution >= 0.6 is 11.6 Å². The van der Waals surface area contributed by atoms with Gasteiger partial charge in [-0.05, 0) is 11.6 Å². The van der Waals surface area contributed by atoms with Crippen molar-refractivity contribution in [1.82, 2.24) is 19.9 Å². The molecule has 1 saturated heterocycles. The highest BCUT2D eigenvalue weighted by Gasteiger charge is 2.35. The summed E-state index contributed by atoms with van der Waals surface area (Å²) < 4.78 is 15.3. The first-order chi connectivity index (χ1) is 11.9. The molecule has 132 valence electrons. The Kier molecular flexibility index (Phi) is 4.98. The van der Waals surface area contributed by atoms with E-state index in [1.165, 1.54) is 15.8 Å². The zero-order chi connectivity index (χ0) is 18.0. The molecule has 1 aliphatic rings. The van der Waals surface area contributed by atoms with Crippen LogP contribution in [0.4, 0.5) is 4.39 Å².